The normalized spacial score (nSPS) is 19.4. The Labute approximate surface area is 155 Å². The van der Waals surface area contributed by atoms with Gasteiger partial charge in [0.1, 0.15) is 0 Å². The Morgan fingerprint density at radius 3 is 2.54 bits per heavy atom. The molecule has 1 aromatic heterocycles. The van der Waals surface area contributed by atoms with Gasteiger partial charge in [-0.2, -0.15) is 0 Å². The summed E-state index contributed by atoms with van der Waals surface area (Å²) in [5, 5.41) is 0. The third kappa shape index (κ3) is 4.15. The molecule has 2 saturated heterocycles. The van der Waals surface area contributed by atoms with Crippen LogP contribution in [0.2, 0.25) is 0 Å². The van der Waals surface area contributed by atoms with Crippen molar-refractivity contribution in [3.05, 3.63) is 48.5 Å². The Kier molecular flexibility index (Phi) is 5.34. The van der Waals surface area contributed by atoms with Crippen LogP contribution < -0.4 is 0 Å². The molecule has 5 heteroatoms. The quantitative estimate of drug-likeness (QED) is 0.802. The van der Waals surface area contributed by atoms with Crippen molar-refractivity contribution in [2.75, 3.05) is 26.2 Å². The van der Waals surface area contributed by atoms with Crippen molar-refractivity contribution in [1.82, 2.24) is 19.4 Å². The minimum Gasteiger partial charge on any atom is -0.343 e. The highest BCUT2D eigenvalue weighted by atomic mass is 16.2. The van der Waals surface area contributed by atoms with Gasteiger partial charge < -0.3 is 9.47 Å². The number of nitrogens with zero attached hydrogens (tertiary/aromatic N) is 4. The SMILES string of the molecule is O=C1CCCN1CCC1CCN(Cc2ccc(-n3ccnc3)cc2)CC1. The molecule has 5 nitrogen and oxygen atoms in total. The van der Waals surface area contributed by atoms with Crippen LogP contribution in [-0.4, -0.2) is 51.4 Å². The van der Waals surface area contributed by atoms with E-state index in [-0.39, 0.29) is 0 Å². The summed E-state index contributed by atoms with van der Waals surface area (Å²) in [6.45, 7) is 5.32. The van der Waals surface area contributed by atoms with Gasteiger partial charge in [0.25, 0.3) is 0 Å². The largest absolute Gasteiger partial charge is 0.343 e. The first-order valence-corrected chi connectivity index (χ1v) is 9.85. The topological polar surface area (TPSA) is 41.4 Å². The van der Waals surface area contributed by atoms with Crippen LogP contribution in [0.15, 0.2) is 43.0 Å². The van der Waals surface area contributed by atoms with Crippen LogP contribution >= 0.6 is 0 Å². The summed E-state index contributed by atoms with van der Waals surface area (Å²) >= 11 is 0. The van der Waals surface area contributed by atoms with E-state index in [2.05, 4.69) is 39.0 Å². The van der Waals surface area contributed by atoms with Gasteiger partial charge in [-0.1, -0.05) is 12.1 Å². The van der Waals surface area contributed by atoms with Gasteiger partial charge in [0.2, 0.25) is 5.91 Å². The fourth-order valence-corrected chi connectivity index (χ4v) is 4.16. The van der Waals surface area contributed by atoms with Crippen LogP contribution in [0.4, 0.5) is 0 Å². The van der Waals surface area contributed by atoms with E-state index in [9.17, 15) is 4.79 Å². The number of carbonyl (C=O) groups excluding carboxylic acids is 1. The molecule has 0 spiro atoms. The third-order valence-electron chi connectivity index (χ3n) is 5.83. The lowest BCUT2D eigenvalue weighted by atomic mass is 9.93. The molecule has 0 radical (unpaired) electrons. The van der Waals surface area contributed by atoms with Crippen molar-refractivity contribution < 1.29 is 4.79 Å². The molecule has 0 unspecified atom stereocenters. The fourth-order valence-electron chi connectivity index (χ4n) is 4.16. The fraction of sp³-hybridized carbons (Fsp3) is 0.524. The Balaban J connectivity index is 1.22. The highest BCUT2D eigenvalue weighted by Crippen LogP contribution is 2.23. The molecule has 2 aliphatic heterocycles. The zero-order valence-corrected chi connectivity index (χ0v) is 15.4. The number of carbonyl (C=O) groups is 1. The average molecular weight is 352 g/mol. The molecule has 2 aromatic rings. The van der Waals surface area contributed by atoms with E-state index in [4.69, 9.17) is 0 Å². The van der Waals surface area contributed by atoms with Gasteiger partial charge >= 0.3 is 0 Å². The second-order valence-corrected chi connectivity index (χ2v) is 7.63. The second kappa shape index (κ2) is 8.04. The van der Waals surface area contributed by atoms with E-state index in [1.807, 2.05) is 17.1 Å². The first kappa shape index (κ1) is 17.3. The maximum Gasteiger partial charge on any atom is 0.222 e. The summed E-state index contributed by atoms with van der Waals surface area (Å²) in [6.07, 6.45) is 11.1. The van der Waals surface area contributed by atoms with Crippen molar-refractivity contribution in [2.45, 2.75) is 38.6 Å². The first-order chi connectivity index (χ1) is 12.8. The van der Waals surface area contributed by atoms with Crippen molar-refractivity contribution in [2.24, 2.45) is 5.92 Å². The maximum atomic E-state index is 11.7. The lowest BCUT2D eigenvalue weighted by Crippen LogP contribution is -2.35. The summed E-state index contributed by atoms with van der Waals surface area (Å²) in [5.41, 5.74) is 2.52. The summed E-state index contributed by atoms with van der Waals surface area (Å²) in [4.78, 5) is 20.4. The predicted molar refractivity (Wildman–Crippen MR) is 102 cm³/mol. The maximum absolute atomic E-state index is 11.7. The number of aromatic nitrogens is 2. The number of amides is 1. The number of piperidine rings is 1. The van der Waals surface area contributed by atoms with E-state index in [0.29, 0.717) is 5.91 Å². The standard InChI is InChI=1S/C21H28N4O/c26-21-2-1-11-24(21)14-9-18-7-12-23(13-8-18)16-19-3-5-20(6-4-19)25-15-10-22-17-25/h3-6,10,15,17-18H,1-2,7-9,11-14,16H2. The predicted octanol–water partition coefficient (Wildman–Crippen LogP) is 3.10. The summed E-state index contributed by atoms with van der Waals surface area (Å²) in [6, 6.07) is 8.77. The zero-order valence-electron chi connectivity index (χ0n) is 15.4. The summed E-state index contributed by atoms with van der Waals surface area (Å²) in [5.74, 6) is 1.14. The molecule has 0 aliphatic carbocycles. The van der Waals surface area contributed by atoms with E-state index in [1.54, 1.807) is 6.20 Å². The molecule has 3 heterocycles. The molecule has 26 heavy (non-hydrogen) atoms. The number of hydrogen-bond donors (Lipinski definition) is 0. The molecule has 2 aliphatic rings. The van der Waals surface area contributed by atoms with Crippen LogP contribution in [0, 0.1) is 5.92 Å². The van der Waals surface area contributed by atoms with E-state index >= 15 is 0 Å². The van der Waals surface area contributed by atoms with Crippen LogP contribution in [0.3, 0.4) is 0 Å². The number of benzene rings is 1. The van der Waals surface area contributed by atoms with Crippen molar-refractivity contribution >= 4 is 5.91 Å². The molecule has 0 bridgehead atoms. The van der Waals surface area contributed by atoms with Crippen molar-refractivity contribution in [1.29, 1.82) is 0 Å². The monoisotopic (exact) mass is 352 g/mol. The molecule has 0 N–H and O–H groups in total. The third-order valence-corrected chi connectivity index (χ3v) is 5.83. The lowest BCUT2D eigenvalue weighted by molar-refractivity contribution is -0.127. The van der Waals surface area contributed by atoms with Gasteiger partial charge in [-0.05, 0) is 62.4 Å². The highest BCUT2D eigenvalue weighted by molar-refractivity contribution is 5.77. The van der Waals surface area contributed by atoms with Gasteiger partial charge in [-0.25, -0.2) is 4.98 Å². The van der Waals surface area contributed by atoms with Gasteiger partial charge in [-0.15, -0.1) is 0 Å². The first-order valence-electron chi connectivity index (χ1n) is 9.85. The van der Waals surface area contributed by atoms with Crippen LogP contribution in [-0.2, 0) is 11.3 Å². The van der Waals surface area contributed by atoms with Gasteiger partial charge in [0, 0.05) is 44.1 Å². The Morgan fingerprint density at radius 1 is 1.08 bits per heavy atom. The van der Waals surface area contributed by atoms with Crippen LogP contribution in [0.1, 0.15) is 37.7 Å². The van der Waals surface area contributed by atoms with E-state index < -0.39 is 0 Å². The smallest absolute Gasteiger partial charge is 0.222 e. The number of likely N-dealkylation sites (tertiary alicyclic amines) is 2. The van der Waals surface area contributed by atoms with E-state index in [0.717, 1.165) is 44.1 Å². The average Bonchev–Trinajstić information content (AvgIpc) is 3.34. The number of imidazole rings is 1. The van der Waals surface area contributed by atoms with Gasteiger partial charge in [-0.3, -0.25) is 9.69 Å². The second-order valence-electron chi connectivity index (χ2n) is 7.63. The molecule has 0 atom stereocenters. The molecular weight excluding hydrogens is 324 g/mol. The molecule has 2 fully saturated rings. The molecule has 138 valence electrons. The molecule has 4 rings (SSSR count). The Bertz CT molecular complexity index is 702. The Hall–Kier alpha value is -2.14. The van der Waals surface area contributed by atoms with Gasteiger partial charge in [0.05, 0.1) is 6.33 Å². The number of hydrogen-bond acceptors (Lipinski definition) is 3. The molecule has 1 amide bonds. The Morgan fingerprint density at radius 2 is 1.88 bits per heavy atom. The minimum atomic E-state index is 0.363. The minimum absolute atomic E-state index is 0.363. The zero-order chi connectivity index (χ0) is 17.8. The summed E-state index contributed by atoms with van der Waals surface area (Å²) < 4.78 is 2.03. The highest BCUT2D eigenvalue weighted by Gasteiger charge is 2.23. The molecule has 1 aromatic carbocycles. The summed E-state index contributed by atoms with van der Waals surface area (Å²) in [7, 11) is 0. The van der Waals surface area contributed by atoms with Gasteiger partial charge in [0.15, 0.2) is 0 Å². The van der Waals surface area contributed by atoms with Crippen LogP contribution in [0.25, 0.3) is 5.69 Å². The van der Waals surface area contributed by atoms with E-state index in [1.165, 1.54) is 37.9 Å². The van der Waals surface area contributed by atoms with Crippen LogP contribution in [0.5, 0.6) is 0 Å². The number of rotatable bonds is 6. The molecular formula is C21H28N4O. The lowest BCUT2D eigenvalue weighted by Gasteiger charge is -2.32. The van der Waals surface area contributed by atoms with Crippen molar-refractivity contribution in [3.63, 3.8) is 0 Å². The van der Waals surface area contributed by atoms with Crippen molar-refractivity contribution in [3.8, 4) is 5.69 Å². The molecule has 0 saturated carbocycles.